The minimum atomic E-state index is -0.192. The molecule has 0 aliphatic heterocycles. The number of fused-ring (bicyclic) bond motifs is 3. The Balaban J connectivity index is 0.00000125. The number of hydrogen-bond donors (Lipinski definition) is 3. The van der Waals surface area contributed by atoms with E-state index in [-0.39, 0.29) is 11.6 Å². The molecule has 2 aromatic carbocycles. The van der Waals surface area contributed by atoms with Crippen LogP contribution >= 0.6 is 0 Å². The van der Waals surface area contributed by atoms with Gasteiger partial charge in [-0.15, -0.1) is 5.73 Å². The van der Waals surface area contributed by atoms with Crippen molar-refractivity contribution in [3.05, 3.63) is 107 Å². The Morgan fingerprint density at radius 1 is 1.15 bits per heavy atom. The lowest BCUT2D eigenvalue weighted by molar-refractivity contribution is 0.399. The van der Waals surface area contributed by atoms with E-state index in [1.54, 1.807) is 16.8 Å². The first-order chi connectivity index (χ1) is 19.6. The number of rotatable bonds is 8. The number of nitrogens with zero attached hydrogens (tertiary/aromatic N) is 2. The Kier molecular flexibility index (Phi) is 15.2. The standard InChI is InChI=1S/C28H28N4O2.2C2H6.CH4O/c1-4-6-10-21(17-29)27-30-18-24(28(33)32(27)15-7-5-2)31-19(3)20-13-14-26-23(16-20)22-11-8-9-12-25(22)34-26;3*1-2/h6-14,16-19,31H,2,4,15,29H2,1,3H3;2*1-2H3;2H,1H3/b10-6+,21-17+;;;. The Morgan fingerprint density at radius 3 is 2.48 bits per heavy atom. The maximum Gasteiger partial charge on any atom is 0.277 e. The van der Waals surface area contributed by atoms with E-state index in [1.807, 2.05) is 90.1 Å². The van der Waals surface area contributed by atoms with E-state index in [0.717, 1.165) is 41.0 Å². The van der Waals surface area contributed by atoms with E-state index in [4.69, 9.17) is 15.3 Å². The third kappa shape index (κ3) is 8.09. The van der Waals surface area contributed by atoms with Crippen LogP contribution in [-0.4, -0.2) is 21.8 Å². The summed E-state index contributed by atoms with van der Waals surface area (Å²) in [5.74, 6) is 0.494. The quantitative estimate of drug-likeness (QED) is 0.156. The number of anilines is 1. The van der Waals surface area contributed by atoms with Gasteiger partial charge < -0.3 is 20.6 Å². The van der Waals surface area contributed by atoms with Crippen LogP contribution in [0.2, 0.25) is 0 Å². The molecule has 0 radical (unpaired) electrons. The number of furan rings is 1. The second kappa shape index (κ2) is 18.1. The van der Waals surface area contributed by atoms with Gasteiger partial charge in [0.2, 0.25) is 0 Å². The van der Waals surface area contributed by atoms with Gasteiger partial charge in [-0.3, -0.25) is 9.36 Å². The fraction of sp³-hybridized carbons (Fsp3) is 0.303. The molecule has 214 valence electrons. The molecule has 0 spiro atoms. The Bertz CT molecular complexity index is 1510. The van der Waals surface area contributed by atoms with Crippen LogP contribution in [0.25, 0.3) is 27.5 Å². The van der Waals surface area contributed by atoms with E-state index in [0.29, 0.717) is 23.6 Å². The molecule has 2 aromatic heterocycles. The molecule has 7 heteroatoms. The van der Waals surface area contributed by atoms with Crippen molar-refractivity contribution in [3.63, 3.8) is 0 Å². The summed E-state index contributed by atoms with van der Waals surface area (Å²) in [6, 6.07) is 13.9. The molecule has 0 aliphatic rings. The lowest BCUT2D eigenvalue weighted by Gasteiger charge is -2.18. The van der Waals surface area contributed by atoms with Crippen LogP contribution < -0.4 is 16.6 Å². The van der Waals surface area contributed by atoms with Crippen LogP contribution in [0, 0.1) is 0 Å². The number of benzene rings is 2. The summed E-state index contributed by atoms with van der Waals surface area (Å²) >= 11 is 0. The van der Waals surface area contributed by atoms with Crippen molar-refractivity contribution in [2.75, 3.05) is 12.4 Å². The maximum atomic E-state index is 13.4. The number of para-hydroxylation sites is 1. The van der Waals surface area contributed by atoms with Crippen LogP contribution in [0.15, 0.2) is 94.6 Å². The summed E-state index contributed by atoms with van der Waals surface area (Å²) in [4.78, 5) is 18.0. The van der Waals surface area contributed by atoms with Gasteiger partial charge in [0.25, 0.3) is 5.56 Å². The third-order valence-electron chi connectivity index (χ3n) is 5.71. The second-order valence-electron chi connectivity index (χ2n) is 7.97. The molecule has 0 saturated carbocycles. The number of hydrogen-bond acceptors (Lipinski definition) is 6. The Labute approximate surface area is 238 Å². The number of allylic oxidation sites excluding steroid dienone is 4. The highest BCUT2D eigenvalue weighted by Gasteiger charge is 2.16. The normalized spacial score (nSPS) is 11.3. The maximum absolute atomic E-state index is 13.4. The second-order valence-corrected chi connectivity index (χ2v) is 7.97. The minimum Gasteiger partial charge on any atom is -0.456 e. The molecule has 0 fully saturated rings. The third-order valence-corrected chi connectivity index (χ3v) is 5.71. The minimum absolute atomic E-state index is 0.133. The average molecular weight is 545 g/mol. The lowest BCUT2D eigenvalue weighted by atomic mass is 10.0. The summed E-state index contributed by atoms with van der Waals surface area (Å²) in [5, 5.41) is 12.4. The fourth-order valence-corrected chi connectivity index (χ4v) is 3.93. The fourth-order valence-electron chi connectivity index (χ4n) is 3.93. The zero-order chi connectivity index (χ0) is 30.1. The molecule has 0 bridgehead atoms. The molecule has 7 nitrogen and oxygen atoms in total. The van der Waals surface area contributed by atoms with Crippen LogP contribution in [0.5, 0.6) is 0 Å². The van der Waals surface area contributed by atoms with Crippen molar-refractivity contribution in [3.8, 4) is 0 Å². The Morgan fingerprint density at radius 2 is 1.82 bits per heavy atom. The monoisotopic (exact) mass is 544 g/mol. The van der Waals surface area contributed by atoms with Crippen molar-refractivity contribution >= 4 is 33.2 Å². The number of aliphatic hydroxyl groups excluding tert-OH is 1. The van der Waals surface area contributed by atoms with E-state index in [9.17, 15) is 4.79 Å². The lowest BCUT2D eigenvalue weighted by Crippen LogP contribution is -2.28. The average Bonchev–Trinajstić information content (AvgIpc) is 3.39. The number of nitrogens with one attached hydrogen (secondary N) is 1. The van der Waals surface area contributed by atoms with Crippen molar-refractivity contribution in [1.82, 2.24) is 9.55 Å². The zero-order valence-electron chi connectivity index (χ0n) is 24.9. The van der Waals surface area contributed by atoms with Crippen LogP contribution in [0.1, 0.15) is 65.4 Å². The summed E-state index contributed by atoms with van der Waals surface area (Å²) in [5.41, 5.74) is 12.2. The van der Waals surface area contributed by atoms with Crippen molar-refractivity contribution in [2.24, 2.45) is 5.73 Å². The molecule has 0 saturated heterocycles. The van der Waals surface area contributed by atoms with E-state index < -0.39 is 0 Å². The molecule has 2 heterocycles. The molecule has 0 amide bonds. The van der Waals surface area contributed by atoms with Gasteiger partial charge in [-0.05, 0) is 43.2 Å². The SMILES string of the molecule is C=C=CCn1c(C(/C=C/CC)=C/N)ncc(NC(C)c2ccc3oc4ccccc4c3c2)c1=O.CC.CC.CO. The largest absolute Gasteiger partial charge is 0.456 e. The van der Waals surface area contributed by atoms with Gasteiger partial charge in [-0.2, -0.15) is 0 Å². The Hall–Kier alpha value is -4.32. The zero-order valence-corrected chi connectivity index (χ0v) is 24.9. The highest BCUT2D eigenvalue weighted by atomic mass is 16.3. The smallest absolute Gasteiger partial charge is 0.277 e. The van der Waals surface area contributed by atoms with Crippen LogP contribution in [-0.2, 0) is 6.54 Å². The predicted octanol–water partition coefficient (Wildman–Crippen LogP) is 7.58. The molecular formula is C33H44N4O3. The van der Waals surface area contributed by atoms with Crippen molar-refractivity contribution in [1.29, 1.82) is 0 Å². The van der Waals surface area contributed by atoms with E-state index in [2.05, 4.69) is 28.7 Å². The van der Waals surface area contributed by atoms with Crippen LogP contribution in [0.4, 0.5) is 5.69 Å². The van der Waals surface area contributed by atoms with Gasteiger partial charge in [0.15, 0.2) is 0 Å². The topological polar surface area (TPSA) is 106 Å². The number of aromatic nitrogens is 2. The summed E-state index contributed by atoms with van der Waals surface area (Å²) in [7, 11) is 1.00. The highest BCUT2D eigenvalue weighted by Crippen LogP contribution is 2.31. The summed E-state index contributed by atoms with van der Waals surface area (Å²) in [6.45, 7) is 15.9. The number of nitrogens with two attached hydrogens (primary N) is 1. The predicted molar refractivity (Wildman–Crippen MR) is 170 cm³/mol. The molecule has 1 unspecified atom stereocenters. The van der Waals surface area contributed by atoms with E-state index in [1.165, 1.54) is 6.20 Å². The van der Waals surface area contributed by atoms with Gasteiger partial charge in [0.1, 0.15) is 22.7 Å². The first-order valence-corrected chi connectivity index (χ1v) is 13.7. The van der Waals surface area contributed by atoms with Gasteiger partial charge in [-0.1, -0.05) is 77.6 Å². The van der Waals surface area contributed by atoms with Crippen molar-refractivity contribution < 1.29 is 9.52 Å². The van der Waals surface area contributed by atoms with Crippen LogP contribution in [0.3, 0.4) is 0 Å². The summed E-state index contributed by atoms with van der Waals surface area (Å²) in [6.07, 6.45) is 9.41. The van der Waals surface area contributed by atoms with Crippen molar-refractivity contribution in [2.45, 2.75) is 60.5 Å². The molecular weight excluding hydrogens is 500 g/mol. The summed E-state index contributed by atoms with van der Waals surface area (Å²) < 4.78 is 7.50. The van der Waals surface area contributed by atoms with Gasteiger partial charge in [0, 0.05) is 35.7 Å². The molecule has 40 heavy (non-hydrogen) atoms. The molecule has 4 aromatic rings. The molecule has 1 atom stereocenters. The van der Waals surface area contributed by atoms with Gasteiger partial charge >= 0.3 is 0 Å². The first-order valence-electron chi connectivity index (χ1n) is 13.7. The highest BCUT2D eigenvalue weighted by molar-refractivity contribution is 6.05. The number of aliphatic hydroxyl groups is 1. The first kappa shape index (κ1) is 33.7. The van der Waals surface area contributed by atoms with E-state index >= 15 is 0 Å². The molecule has 4 N–H and O–H groups in total. The van der Waals surface area contributed by atoms with Gasteiger partial charge in [0.05, 0.1) is 12.7 Å². The van der Waals surface area contributed by atoms with Gasteiger partial charge in [-0.25, -0.2) is 4.98 Å². The molecule has 0 aliphatic carbocycles. The molecule has 4 rings (SSSR count).